The third-order valence-electron chi connectivity index (χ3n) is 2.29. The Hall–Kier alpha value is -0.440. The van der Waals surface area contributed by atoms with E-state index in [0.29, 0.717) is 26.2 Å². The maximum atomic E-state index is 11.8. The molecule has 0 spiro atoms. The van der Waals surface area contributed by atoms with Crippen LogP contribution in [0, 0.1) is 0 Å². The molecule has 1 fully saturated rings. The summed E-state index contributed by atoms with van der Waals surface area (Å²) in [4.78, 5) is 2.19. The molecule has 1 atom stereocenters. The van der Waals surface area contributed by atoms with Gasteiger partial charge in [-0.05, 0) is 0 Å². The first kappa shape index (κ1) is 14.6. The van der Waals surface area contributed by atoms with E-state index < -0.39 is 12.8 Å². The van der Waals surface area contributed by atoms with Crippen molar-refractivity contribution >= 4 is 17.2 Å². The number of hydrogen-bond donors (Lipinski definition) is 1. The Balaban J connectivity index is 2.17. The van der Waals surface area contributed by atoms with Crippen LogP contribution in [0.2, 0.25) is 0 Å². The standard InChI is InChI=1S/C9H15F3N2O2S/c10-9(11,12)6-15-3-1-14-2-4-16-7(5-14)8(13)17/h7H,1-6H2,(H2,13,17). The molecule has 0 aliphatic carbocycles. The maximum absolute atomic E-state index is 11.8. The molecular weight excluding hydrogens is 257 g/mol. The molecule has 0 aromatic heterocycles. The Bertz CT molecular complexity index is 263. The van der Waals surface area contributed by atoms with E-state index in [4.69, 9.17) is 22.7 Å². The largest absolute Gasteiger partial charge is 0.411 e. The van der Waals surface area contributed by atoms with Gasteiger partial charge in [0.1, 0.15) is 17.7 Å². The predicted molar refractivity (Wildman–Crippen MR) is 59.8 cm³/mol. The van der Waals surface area contributed by atoms with Crippen molar-refractivity contribution in [3.05, 3.63) is 0 Å². The van der Waals surface area contributed by atoms with Gasteiger partial charge >= 0.3 is 6.18 Å². The number of halogens is 3. The first-order valence-electron chi connectivity index (χ1n) is 5.16. The van der Waals surface area contributed by atoms with E-state index in [0.717, 1.165) is 0 Å². The van der Waals surface area contributed by atoms with Crippen LogP contribution in [0.4, 0.5) is 13.2 Å². The smallest absolute Gasteiger partial charge is 0.391 e. The SMILES string of the molecule is NC(=S)C1CN(CCOCC(F)(F)F)CCO1. The molecule has 2 N–H and O–H groups in total. The fourth-order valence-electron chi connectivity index (χ4n) is 1.46. The van der Waals surface area contributed by atoms with Crippen LogP contribution in [0.1, 0.15) is 0 Å². The molecular formula is C9H15F3N2O2S. The zero-order chi connectivity index (χ0) is 12.9. The van der Waals surface area contributed by atoms with Crippen LogP contribution in [0.25, 0.3) is 0 Å². The summed E-state index contributed by atoms with van der Waals surface area (Å²) in [6, 6.07) is 0. The highest BCUT2D eigenvalue weighted by atomic mass is 32.1. The van der Waals surface area contributed by atoms with E-state index in [1.165, 1.54) is 0 Å². The zero-order valence-corrected chi connectivity index (χ0v) is 10.0. The summed E-state index contributed by atoms with van der Waals surface area (Å²) >= 11 is 4.80. The lowest BCUT2D eigenvalue weighted by Crippen LogP contribution is -2.48. The Labute approximate surface area is 103 Å². The Morgan fingerprint density at radius 3 is 2.82 bits per heavy atom. The second-order valence-electron chi connectivity index (χ2n) is 3.73. The average Bonchev–Trinajstić information content (AvgIpc) is 2.23. The van der Waals surface area contributed by atoms with Crippen molar-refractivity contribution in [1.82, 2.24) is 4.90 Å². The Morgan fingerprint density at radius 1 is 1.53 bits per heavy atom. The monoisotopic (exact) mass is 272 g/mol. The number of alkyl halides is 3. The highest BCUT2D eigenvalue weighted by Gasteiger charge is 2.27. The van der Waals surface area contributed by atoms with E-state index in [1.54, 1.807) is 0 Å². The molecule has 0 bridgehead atoms. The highest BCUT2D eigenvalue weighted by molar-refractivity contribution is 7.80. The lowest BCUT2D eigenvalue weighted by molar-refractivity contribution is -0.175. The normalized spacial score (nSPS) is 22.6. The minimum Gasteiger partial charge on any atom is -0.391 e. The van der Waals surface area contributed by atoms with Crippen molar-refractivity contribution in [2.75, 3.05) is 39.5 Å². The van der Waals surface area contributed by atoms with Crippen molar-refractivity contribution < 1.29 is 22.6 Å². The summed E-state index contributed by atoms with van der Waals surface area (Å²) in [7, 11) is 0. The molecule has 1 saturated heterocycles. The Kier molecular flexibility index (Phi) is 5.57. The summed E-state index contributed by atoms with van der Waals surface area (Å²) in [5, 5.41) is 0. The van der Waals surface area contributed by atoms with Gasteiger partial charge in [0.2, 0.25) is 0 Å². The molecule has 0 saturated carbocycles. The van der Waals surface area contributed by atoms with Crippen molar-refractivity contribution in [2.45, 2.75) is 12.3 Å². The minimum atomic E-state index is -4.27. The second-order valence-corrected chi connectivity index (χ2v) is 4.20. The van der Waals surface area contributed by atoms with Crippen LogP contribution in [0.5, 0.6) is 0 Å². The van der Waals surface area contributed by atoms with Gasteiger partial charge in [-0.3, -0.25) is 4.90 Å². The summed E-state index contributed by atoms with van der Waals surface area (Å²) in [6.07, 6.45) is -4.59. The van der Waals surface area contributed by atoms with E-state index >= 15 is 0 Å². The van der Waals surface area contributed by atoms with Crippen molar-refractivity contribution in [3.8, 4) is 0 Å². The third-order valence-corrected chi connectivity index (χ3v) is 2.55. The average molecular weight is 272 g/mol. The molecule has 0 aromatic rings. The van der Waals surface area contributed by atoms with Gasteiger partial charge in [0, 0.05) is 19.6 Å². The van der Waals surface area contributed by atoms with Crippen LogP contribution >= 0.6 is 12.2 Å². The first-order valence-corrected chi connectivity index (χ1v) is 5.57. The van der Waals surface area contributed by atoms with E-state index in [9.17, 15) is 13.2 Å². The topological polar surface area (TPSA) is 47.7 Å². The van der Waals surface area contributed by atoms with Gasteiger partial charge in [-0.2, -0.15) is 13.2 Å². The molecule has 1 unspecified atom stereocenters. The molecule has 0 amide bonds. The van der Waals surface area contributed by atoms with Crippen molar-refractivity contribution in [2.24, 2.45) is 5.73 Å². The maximum Gasteiger partial charge on any atom is 0.411 e. The van der Waals surface area contributed by atoms with E-state index in [-0.39, 0.29) is 17.7 Å². The van der Waals surface area contributed by atoms with Crippen LogP contribution in [-0.2, 0) is 9.47 Å². The number of nitrogens with two attached hydrogens (primary N) is 1. The summed E-state index contributed by atoms with van der Waals surface area (Å²) in [6.45, 7) is 0.860. The fourth-order valence-corrected chi connectivity index (χ4v) is 1.60. The molecule has 0 radical (unpaired) electrons. The number of nitrogens with zero attached hydrogens (tertiary/aromatic N) is 1. The second kappa shape index (κ2) is 6.48. The van der Waals surface area contributed by atoms with Crippen LogP contribution < -0.4 is 5.73 Å². The van der Waals surface area contributed by atoms with Gasteiger partial charge in [0.05, 0.1) is 13.2 Å². The minimum absolute atomic E-state index is 0.0313. The van der Waals surface area contributed by atoms with Crippen molar-refractivity contribution in [1.29, 1.82) is 0 Å². The van der Waals surface area contributed by atoms with Crippen LogP contribution in [0.15, 0.2) is 0 Å². The molecule has 1 heterocycles. The van der Waals surface area contributed by atoms with Gasteiger partial charge in [-0.1, -0.05) is 12.2 Å². The van der Waals surface area contributed by atoms with Crippen LogP contribution in [-0.4, -0.2) is 61.6 Å². The number of hydrogen-bond acceptors (Lipinski definition) is 4. The Morgan fingerprint density at radius 2 is 2.24 bits per heavy atom. The quantitative estimate of drug-likeness (QED) is 0.585. The van der Waals surface area contributed by atoms with Crippen molar-refractivity contribution in [3.63, 3.8) is 0 Å². The molecule has 1 aliphatic heterocycles. The molecule has 1 aliphatic rings. The third kappa shape index (κ3) is 6.16. The van der Waals surface area contributed by atoms with Gasteiger partial charge in [-0.25, -0.2) is 0 Å². The number of morpholine rings is 1. The predicted octanol–water partition coefficient (Wildman–Crippen LogP) is 0.552. The van der Waals surface area contributed by atoms with Crippen LogP contribution in [0.3, 0.4) is 0 Å². The summed E-state index contributed by atoms with van der Waals surface area (Å²) < 4.78 is 45.2. The fraction of sp³-hybridized carbons (Fsp3) is 0.889. The summed E-state index contributed by atoms with van der Waals surface area (Å²) in [5.41, 5.74) is 5.44. The zero-order valence-electron chi connectivity index (χ0n) is 9.20. The number of ether oxygens (including phenoxy) is 2. The first-order chi connectivity index (χ1) is 7.88. The van der Waals surface area contributed by atoms with Gasteiger partial charge < -0.3 is 15.2 Å². The molecule has 8 heteroatoms. The lowest BCUT2D eigenvalue weighted by atomic mass is 10.2. The molecule has 100 valence electrons. The number of thiocarbonyl (C=S) groups is 1. The lowest BCUT2D eigenvalue weighted by Gasteiger charge is -2.32. The highest BCUT2D eigenvalue weighted by Crippen LogP contribution is 2.14. The van der Waals surface area contributed by atoms with E-state index in [1.807, 2.05) is 4.90 Å². The molecule has 17 heavy (non-hydrogen) atoms. The van der Waals surface area contributed by atoms with Gasteiger partial charge in [0.15, 0.2) is 0 Å². The van der Waals surface area contributed by atoms with Gasteiger partial charge in [0.25, 0.3) is 0 Å². The molecule has 0 aromatic carbocycles. The molecule has 4 nitrogen and oxygen atoms in total. The molecule has 1 rings (SSSR count). The van der Waals surface area contributed by atoms with Gasteiger partial charge in [-0.15, -0.1) is 0 Å². The summed E-state index contributed by atoms with van der Waals surface area (Å²) in [5.74, 6) is 0. The number of rotatable bonds is 5. The van der Waals surface area contributed by atoms with E-state index in [2.05, 4.69) is 4.74 Å².